The van der Waals surface area contributed by atoms with E-state index < -0.39 is 0 Å². The van der Waals surface area contributed by atoms with E-state index in [1.807, 2.05) is 12.1 Å². The first-order chi connectivity index (χ1) is 8.17. The lowest BCUT2D eigenvalue weighted by molar-refractivity contribution is 0.502. The normalized spacial score (nSPS) is 12.1. The van der Waals surface area contributed by atoms with Crippen molar-refractivity contribution in [3.05, 3.63) is 33.3 Å². The topological polar surface area (TPSA) is 12.0 Å². The van der Waals surface area contributed by atoms with Crippen LogP contribution in [-0.2, 0) is 0 Å². The van der Waals surface area contributed by atoms with Gasteiger partial charge in [-0.05, 0) is 43.1 Å². The molecule has 0 aliphatic rings. The number of hydrogen-bond acceptors (Lipinski definition) is 1. The Kier molecular flexibility index (Phi) is 6.65. The molecule has 1 aromatic carbocycles. The van der Waals surface area contributed by atoms with E-state index in [9.17, 15) is 0 Å². The number of terminal acetylenes is 1. The zero-order valence-corrected chi connectivity index (χ0v) is 12.3. The highest BCUT2D eigenvalue weighted by Crippen LogP contribution is 2.26. The molecule has 0 amide bonds. The van der Waals surface area contributed by atoms with Crippen LogP contribution in [0.1, 0.15) is 37.8 Å². The Bertz CT molecular complexity index is 377. The summed E-state index contributed by atoms with van der Waals surface area (Å²) in [6, 6.07) is 6.34. The summed E-state index contributed by atoms with van der Waals surface area (Å²) < 4.78 is 1.01. The predicted molar refractivity (Wildman–Crippen MR) is 78.3 cm³/mol. The summed E-state index contributed by atoms with van der Waals surface area (Å²) in [6.45, 7) is 3.04. The van der Waals surface area contributed by atoms with Gasteiger partial charge < -0.3 is 5.32 Å². The lowest BCUT2D eigenvalue weighted by Gasteiger charge is -2.18. The third-order valence-corrected chi connectivity index (χ3v) is 3.23. The molecule has 17 heavy (non-hydrogen) atoms. The highest BCUT2D eigenvalue weighted by atomic mass is 79.9. The van der Waals surface area contributed by atoms with Gasteiger partial charge in [-0.25, -0.2) is 0 Å². The van der Waals surface area contributed by atoms with Crippen molar-refractivity contribution in [2.75, 3.05) is 6.54 Å². The summed E-state index contributed by atoms with van der Waals surface area (Å²) in [7, 11) is 0. The van der Waals surface area contributed by atoms with Gasteiger partial charge in [-0.1, -0.05) is 34.5 Å². The van der Waals surface area contributed by atoms with Crippen LogP contribution in [0.2, 0.25) is 5.02 Å². The number of unbranched alkanes of at least 4 members (excludes halogenated alkanes) is 1. The Morgan fingerprint density at radius 2 is 2.24 bits per heavy atom. The van der Waals surface area contributed by atoms with Crippen molar-refractivity contribution in [3.8, 4) is 12.3 Å². The molecule has 1 aromatic rings. The van der Waals surface area contributed by atoms with Gasteiger partial charge in [0.2, 0.25) is 0 Å². The Balaban J connectivity index is 2.77. The number of halogens is 2. The molecule has 1 nitrogen and oxygen atoms in total. The Labute approximate surface area is 117 Å². The Hall–Kier alpha value is -0.490. The van der Waals surface area contributed by atoms with Crippen LogP contribution in [0.25, 0.3) is 0 Å². The van der Waals surface area contributed by atoms with E-state index in [-0.39, 0.29) is 0 Å². The number of nitrogens with one attached hydrogen (secondary N) is 1. The van der Waals surface area contributed by atoms with Gasteiger partial charge in [-0.3, -0.25) is 0 Å². The van der Waals surface area contributed by atoms with Crippen LogP contribution >= 0.6 is 27.5 Å². The smallest absolute Gasteiger partial charge is 0.0420 e. The van der Waals surface area contributed by atoms with Crippen LogP contribution in [0.3, 0.4) is 0 Å². The van der Waals surface area contributed by atoms with Crippen molar-refractivity contribution in [2.45, 2.75) is 32.2 Å². The predicted octanol–water partition coefficient (Wildman–Crippen LogP) is 4.56. The third-order valence-electron chi connectivity index (χ3n) is 2.55. The molecular weight excluding hydrogens is 298 g/mol. The lowest BCUT2D eigenvalue weighted by Crippen LogP contribution is -2.20. The SMILES string of the molecule is C#CCCCC(NCC)c1cc(Cl)cc(Br)c1. The average molecular weight is 315 g/mol. The van der Waals surface area contributed by atoms with Crippen molar-refractivity contribution < 1.29 is 0 Å². The first-order valence-electron chi connectivity index (χ1n) is 5.80. The average Bonchev–Trinajstić information content (AvgIpc) is 2.27. The summed E-state index contributed by atoms with van der Waals surface area (Å²) in [6.07, 6.45) is 8.16. The second-order valence-electron chi connectivity index (χ2n) is 3.91. The van der Waals surface area contributed by atoms with E-state index in [1.165, 1.54) is 5.56 Å². The van der Waals surface area contributed by atoms with Crippen LogP contribution in [0.5, 0.6) is 0 Å². The van der Waals surface area contributed by atoms with Gasteiger partial charge in [-0.2, -0.15) is 0 Å². The van der Waals surface area contributed by atoms with Gasteiger partial charge >= 0.3 is 0 Å². The molecule has 0 bridgehead atoms. The van der Waals surface area contributed by atoms with Gasteiger partial charge in [0.05, 0.1) is 0 Å². The molecule has 0 aromatic heterocycles. The van der Waals surface area contributed by atoms with Gasteiger partial charge in [0, 0.05) is 22.0 Å². The number of benzene rings is 1. The molecule has 0 aliphatic carbocycles. The minimum atomic E-state index is 0.323. The Morgan fingerprint density at radius 1 is 1.47 bits per heavy atom. The van der Waals surface area contributed by atoms with E-state index >= 15 is 0 Å². The van der Waals surface area contributed by atoms with Crippen LogP contribution in [0.4, 0.5) is 0 Å². The van der Waals surface area contributed by atoms with Crippen LogP contribution in [0, 0.1) is 12.3 Å². The number of rotatable bonds is 6. The second-order valence-corrected chi connectivity index (χ2v) is 5.26. The van der Waals surface area contributed by atoms with E-state index in [2.05, 4.69) is 40.2 Å². The van der Waals surface area contributed by atoms with E-state index in [1.54, 1.807) is 0 Å². The van der Waals surface area contributed by atoms with E-state index in [0.29, 0.717) is 6.04 Å². The quantitative estimate of drug-likeness (QED) is 0.599. The summed E-state index contributed by atoms with van der Waals surface area (Å²) in [5.41, 5.74) is 1.21. The van der Waals surface area contributed by atoms with Crippen LogP contribution in [0.15, 0.2) is 22.7 Å². The maximum absolute atomic E-state index is 6.07. The minimum absolute atomic E-state index is 0.323. The molecule has 0 fully saturated rings. The van der Waals surface area contributed by atoms with Gasteiger partial charge in [0.1, 0.15) is 0 Å². The highest BCUT2D eigenvalue weighted by Gasteiger charge is 2.11. The first-order valence-corrected chi connectivity index (χ1v) is 6.97. The van der Waals surface area contributed by atoms with Crippen molar-refractivity contribution in [1.82, 2.24) is 5.32 Å². The fraction of sp³-hybridized carbons (Fsp3) is 0.429. The third kappa shape index (κ3) is 5.12. The largest absolute Gasteiger partial charge is 0.310 e. The molecule has 0 aliphatic heterocycles. The standard InChI is InChI=1S/C14H17BrClN/c1-3-5-6-7-14(17-4-2)11-8-12(15)10-13(16)9-11/h1,8-10,14,17H,4-7H2,2H3. The summed E-state index contributed by atoms with van der Waals surface area (Å²) in [5.74, 6) is 2.68. The van der Waals surface area contributed by atoms with Crippen LogP contribution in [-0.4, -0.2) is 6.54 Å². The van der Waals surface area contributed by atoms with E-state index in [0.717, 1.165) is 35.3 Å². The van der Waals surface area contributed by atoms with Gasteiger partial charge in [-0.15, -0.1) is 12.3 Å². The molecule has 1 atom stereocenters. The van der Waals surface area contributed by atoms with Crippen LogP contribution < -0.4 is 5.32 Å². The molecular formula is C14H17BrClN. The highest BCUT2D eigenvalue weighted by molar-refractivity contribution is 9.10. The minimum Gasteiger partial charge on any atom is -0.310 e. The van der Waals surface area contributed by atoms with Gasteiger partial charge in [0.15, 0.2) is 0 Å². The van der Waals surface area contributed by atoms with Crippen molar-refractivity contribution in [2.24, 2.45) is 0 Å². The maximum Gasteiger partial charge on any atom is 0.0420 e. The molecule has 1 N–H and O–H groups in total. The summed E-state index contributed by atoms with van der Waals surface area (Å²) in [5, 5.41) is 4.22. The summed E-state index contributed by atoms with van der Waals surface area (Å²) in [4.78, 5) is 0. The molecule has 1 unspecified atom stereocenters. The molecule has 0 spiro atoms. The van der Waals surface area contributed by atoms with Crippen molar-refractivity contribution in [1.29, 1.82) is 0 Å². The fourth-order valence-corrected chi connectivity index (χ4v) is 2.70. The maximum atomic E-state index is 6.07. The Morgan fingerprint density at radius 3 is 2.82 bits per heavy atom. The molecule has 3 heteroatoms. The zero-order chi connectivity index (χ0) is 12.7. The molecule has 0 saturated heterocycles. The summed E-state index contributed by atoms with van der Waals surface area (Å²) >= 11 is 9.54. The molecule has 0 heterocycles. The molecule has 92 valence electrons. The second kappa shape index (κ2) is 7.76. The van der Waals surface area contributed by atoms with Gasteiger partial charge in [0.25, 0.3) is 0 Å². The van der Waals surface area contributed by atoms with E-state index in [4.69, 9.17) is 18.0 Å². The lowest BCUT2D eigenvalue weighted by atomic mass is 10.0. The monoisotopic (exact) mass is 313 g/mol. The fourth-order valence-electron chi connectivity index (χ4n) is 1.82. The first kappa shape index (κ1) is 14.6. The zero-order valence-electron chi connectivity index (χ0n) is 9.97. The van der Waals surface area contributed by atoms with Crippen molar-refractivity contribution >= 4 is 27.5 Å². The molecule has 0 radical (unpaired) electrons. The van der Waals surface area contributed by atoms with Crippen molar-refractivity contribution in [3.63, 3.8) is 0 Å². The molecule has 1 rings (SSSR count). The molecule has 0 saturated carbocycles. The number of hydrogen-bond donors (Lipinski definition) is 1.